The number of morpholine rings is 1. The fourth-order valence-electron chi connectivity index (χ4n) is 5.86. The number of benzene rings is 2. The molecule has 0 unspecified atom stereocenters. The molecule has 2 saturated heterocycles. The Labute approximate surface area is 200 Å². The number of aromatic nitrogens is 1. The predicted octanol–water partition coefficient (Wildman–Crippen LogP) is 5.54. The summed E-state index contributed by atoms with van der Waals surface area (Å²) >= 11 is 6.34. The molecular formula is C27H30ClN3O2. The van der Waals surface area contributed by atoms with Crippen LogP contribution in [0.4, 0.5) is 17.1 Å². The maximum absolute atomic E-state index is 6.34. The van der Waals surface area contributed by atoms with Gasteiger partial charge in [-0.25, -0.2) is 0 Å². The normalized spacial score (nSPS) is 20.0. The standard InChI is InChI=1S/C27H30ClN3O2/c1-18-19(2)29-24-15-20(28)3-5-22(24)26(18)31-17-27(7-11-32-12-8-27)23-6-4-21(16-25(23)31)30-9-13-33-14-10-30/h3-6,15-16H,7-14,17H2,1-2H3. The summed E-state index contributed by atoms with van der Waals surface area (Å²) in [7, 11) is 0. The second-order valence-electron chi connectivity index (χ2n) is 9.61. The number of hydrogen-bond acceptors (Lipinski definition) is 5. The molecule has 1 aromatic heterocycles. The van der Waals surface area contributed by atoms with Gasteiger partial charge in [0.05, 0.1) is 24.4 Å². The van der Waals surface area contributed by atoms with E-state index in [9.17, 15) is 0 Å². The van der Waals surface area contributed by atoms with Gasteiger partial charge in [0, 0.05) is 65.7 Å². The van der Waals surface area contributed by atoms with E-state index in [0.29, 0.717) is 0 Å². The van der Waals surface area contributed by atoms with Crippen LogP contribution < -0.4 is 9.80 Å². The van der Waals surface area contributed by atoms with Gasteiger partial charge in [-0.15, -0.1) is 0 Å². The smallest absolute Gasteiger partial charge is 0.0741 e. The molecule has 0 atom stereocenters. The van der Waals surface area contributed by atoms with Crippen LogP contribution >= 0.6 is 11.6 Å². The number of anilines is 3. The highest BCUT2D eigenvalue weighted by Gasteiger charge is 2.45. The average Bonchev–Trinajstić information content (AvgIpc) is 3.13. The molecule has 172 valence electrons. The molecule has 4 heterocycles. The summed E-state index contributed by atoms with van der Waals surface area (Å²) in [5.74, 6) is 0. The van der Waals surface area contributed by atoms with Crippen LogP contribution in [0.5, 0.6) is 0 Å². The molecule has 2 aromatic carbocycles. The van der Waals surface area contributed by atoms with Crippen LogP contribution in [0, 0.1) is 13.8 Å². The highest BCUT2D eigenvalue weighted by molar-refractivity contribution is 6.31. The Morgan fingerprint density at radius 3 is 2.48 bits per heavy atom. The Balaban J connectivity index is 1.55. The number of ether oxygens (including phenoxy) is 2. The number of pyridine rings is 1. The van der Waals surface area contributed by atoms with E-state index in [1.54, 1.807) is 0 Å². The predicted molar refractivity (Wildman–Crippen MR) is 134 cm³/mol. The van der Waals surface area contributed by atoms with Gasteiger partial charge in [-0.1, -0.05) is 17.7 Å². The summed E-state index contributed by atoms with van der Waals surface area (Å²) < 4.78 is 11.4. The molecule has 3 aliphatic heterocycles. The van der Waals surface area contributed by atoms with Crippen LogP contribution in [0.3, 0.4) is 0 Å². The van der Waals surface area contributed by atoms with Gasteiger partial charge in [0.2, 0.25) is 0 Å². The van der Waals surface area contributed by atoms with Gasteiger partial charge in [0.25, 0.3) is 0 Å². The molecule has 2 fully saturated rings. The Morgan fingerprint density at radius 2 is 1.70 bits per heavy atom. The van der Waals surface area contributed by atoms with Gasteiger partial charge in [-0.3, -0.25) is 4.98 Å². The lowest BCUT2D eigenvalue weighted by Gasteiger charge is -2.35. The average molecular weight is 464 g/mol. The van der Waals surface area contributed by atoms with Crippen molar-refractivity contribution in [2.75, 3.05) is 55.9 Å². The van der Waals surface area contributed by atoms with Gasteiger partial charge in [0.15, 0.2) is 0 Å². The summed E-state index contributed by atoms with van der Waals surface area (Å²) in [6, 6.07) is 13.2. The fourth-order valence-corrected chi connectivity index (χ4v) is 6.02. The monoisotopic (exact) mass is 463 g/mol. The van der Waals surface area contributed by atoms with Gasteiger partial charge in [-0.2, -0.15) is 0 Å². The summed E-state index contributed by atoms with van der Waals surface area (Å²) in [6.45, 7) is 10.4. The number of hydrogen-bond donors (Lipinski definition) is 0. The first-order chi connectivity index (χ1) is 16.1. The quantitative estimate of drug-likeness (QED) is 0.498. The van der Waals surface area contributed by atoms with Crippen molar-refractivity contribution in [1.82, 2.24) is 4.98 Å². The minimum absolute atomic E-state index is 0.124. The lowest BCUT2D eigenvalue weighted by Crippen LogP contribution is -2.37. The number of rotatable bonds is 2. The highest BCUT2D eigenvalue weighted by Crippen LogP contribution is 2.52. The van der Waals surface area contributed by atoms with Gasteiger partial charge < -0.3 is 19.3 Å². The van der Waals surface area contributed by atoms with Crippen LogP contribution in [-0.4, -0.2) is 51.0 Å². The van der Waals surface area contributed by atoms with E-state index < -0.39 is 0 Å². The molecule has 6 heteroatoms. The molecule has 6 rings (SSSR count). The molecule has 0 N–H and O–H groups in total. The van der Waals surface area contributed by atoms with E-state index in [1.165, 1.54) is 28.2 Å². The van der Waals surface area contributed by atoms with Crippen molar-refractivity contribution in [3.63, 3.8) is 0 Å². The molecular weight excluding hydrogens is 434 g/mol. The van der Waals surface area contributed by atoms with Crippen LogP contribution in [0.25, 0.3) is 10.9 Å². The largest absolute Gasteiger partial charge is 0.381 e. The Bertz CT molecular complexity index is 1220. The Morgan fingerprint density at radius 1 is 0.939 bits per heavy atom. The number of halogens is 1. The second kappa shape index (κ2) is 8.15. The van der Waals surface area contributed by atoms with Crippen molar-refractivity contribution in [1.29, 1.82) is 0 Å². The summed E-state index contributed by atoms with van der Waals surface area (Å²) in [6.07, 6.45) is 2.11. The van der Waals surface area contributed by atoms with Crippen molar-refractivity contribution in [2.45, 2.75) is 32.1 Å². The zero-order valence-corrected chi connectivity index (χ0v) is 20.1. The van der Waals surface area contributed by atoms with E-state index in [1.807, 2.05) is 12.1 Å². The molecule has 3 aromatic rings. The number of fused-ring (bicyclic) bond motifs is 3. The lowest BCUT2D eigenvalue weighted by molar-refractivity contribution is 0.0558. The molecule has 5 nitrogen and oxygen atoms in total. The van der Waals surface area contributed by atoms with Crippen molar-refractivity contribution in [2.24, 2.45) is 0 Å². The van der Waals surface area contributed by atoms with E-state index in [2.05, 4.69) is 47.9 Å². The maximum atomic E-state index is 6.34. The van der Waals surface area contributed by atoms with Crippen LogP contribution in [0.1, 0.15) is 29.7 Å². The minimum atomic E-state index is 0.124. The number of nitrogens with zero attached hydrogens (tertiary/aromatic N) is 3. The molecule has 0 amide bonds. The molecule has 0 aliphatic carbocycles. The molecule has 0 bridgehead atoms. The zero-order valence-electron chi connectivity index (χ0n) is 19.4. The number of aryl methyl sites for hydroxylation is 1. The van der Waals surface area contributed by atoms with Crippen LogP contribution in [0.2, 0.25) is 5.02 Å². The fraction of sp³-hybridized carbons (Fsp3) is 0.444. The summed E-state index contributed by atoms with van der Waals surface area (Å²) in [5.41, 5.74) is 8.69. The summed E-state index contributed by atoms with van der Waals surface area (Å²) in [5, 5.41) is 1.89. The highest BCUT2D eigenvalue weighted by atomic mass is 35.5. The van der Waals surface area contributed by atoms with Crippen molar-refractivity contribution in [3.8, 4) is 0 Å². The van der Waals surface area contributed by atoms with Crippen molar-refractivity contribution in [3.05, 3.63) is 58.2 Å². The first-order valence-corrected chi connectivity index (χ1v) is 12.3. The third-order valence-electron chi connectivity index (χ3n) is 7.80. The lowest BCUT2D eigenvalue weighted by atomic mass is 9.76. The van der Waals surface area contributed by atoms with E-state index in [0.717, 1.165) is 80.5 Å². The third kappa shape index (κ3) is 3.49. The van der Waals surface area contributed by atoms with Crippen molar-refractivity contribution < 1.29 is 9.47 Å². The van der Waals surface area contributed by atoms with Gasteiger partial charge in [-0.05, 0) is 68.1 Å². The van der Waals surface area contributed by atoms with E-state index in [4.69, 9.17) is 26.1 Å². The molecule has 0 radical (unpaired) electrons. The van der Waals surface area contributed by atoms with E-state index in [-0.39, 0.29) is 5.41 Å². The SMILES string of the molecule is Cc1nc2cc(Cl)ccc2c(N2CC3(CCOCC3)c3ccc(N4CCOCC4)cc32)c1C. The Hall–Kier alpha value is -2.34. The molecule has 0 saturated carbocycles. The maximum Gasteiger partial charge on any atom is 0.0741 e. The van der Waals surface area contributed by atoms with E-state index >= 15 is 0 Å². The molecule has 1 spiro atoms. The van der Waals surface area contributed by atoms with Crippen LogP contribution in [-0.2, 0) is 14.9 Å². The van der Waals surface area contributed by atoms with Gasteiger partial charge >= 0.3 is 0 Å². The van der Waals surface area contributed by atoms with Crippen LogP contribution in [0.15, 0.2) is 36.4 Å². The first-order valence-electron chi connectivity index (χ1n) is 11.9. The topological polar surface area (TPSA) is 37.8 Å². The van der Waals surface area contributed by atoms with Gasteiger partial charge in [0.1, 0.15) is 0 Å². The van der Waals surface area contributed by atoms with Crippen molar-refractivity contribution >= 4 is 39.6 Å². The first kappa shape index (κ1) is 21.2. The zero-order chi connectivity index (χ0) is 22.6. The second-order valence-corrected chi connectivity index (χ2v) is 10.0. The summed E-state index contributed by atoms with van der Waals surface area (Å²) in [4.78, 5) is 9.87. The Kier molecular flexibility index (Phi) is 5.24. The molecule has 3 aliphatic rings. The third-order valence-corrected chi connectivity index (χ3v) is 8.04. The minimum Gasteiger partial charge on any atom is -0.381 e. The molecule has 33 heavy (non-hydrogen) atoms.